The van der Waals surface area contributed by atoms with E-state index in [1.807, 2.05) is 0 Å². The number of carbonyl (C=O) groups is 6. The fourth-order valence-corrected chi connectivity index (χ4v) is 8.69. The van der Waals surface area contributed by atoms with Gasteiger partial charge in [0.1, 0.15) is 23.1 Å². The summed E-state index contributed by atoms with van der Waals surface area (Å²) in [6.45, 7) is 4.37. The van der Waals surface area contributed by atoms with Gasteiger partial charge in [-0.2, -0.15) is 0 Å². The fraction of sp³-hybridized carbons (Fsp3) is 0.179. The Hall–Kier alpha value is -7.18. The molecule has 0 aliphatic heterocycles. The number of unbranched alkanes of at least 4 members (excludes halogenated alkanes) is 5. The van der Waals surface area contributed by atoms with Crippen LogP contribution in [0.4, 0.5) is 23.0 Å². The van der Waals surface area contributed by atoms with Crippen LogP contribution in [0, 0.1) is 13.8 Å². The molecule has 2 amide bonds. The van der Waals surface area contributed by atoms with E-state index in [9.17, 15) is 39.0 Å². The largest absolute Gasteiger partial charge is 1.00 e. The maximum atomic E-state index is 13.8. The van der Waals surface area contributed by atoms with E-state index in [0.717, 1.165) is 38.5 Å². The van der Waals surface area contributed by atoms with Gasteiger partial charge in [-0.15, -0.1) is 0 Å². The van der Waals surface area contributed by atoms with Gasteiger partial charge in [-0.25, -0.2) is 0 Å². The second-order valence-corrected chi connectivity index (χ2v) is 17.2. The summed E-state index contributed by atoms with van der Waals surface area (Å²) in [6, 6.07) is 32.3. The van der Waals surface area contributed by atoms with Crippen molar-refractivity contribution in [1.29, 1.82) is 0 Å². The van der Waals surface area contributed by atoms with E-state index in [2.05, 4.69) is 10.6 Å². The quantitative estimate of drug-likeness (QED) is 0.0346. The number of carbonyl (C=O) groups excluding carboxylic acids is 6. The molecular formula is C56H50N6Na2O10. The van der Waals surface area contributed by atoms with Gasteiger partial charge >= 0.3 is 59.1 Å². The van der Waals surface area contributed by atoms with Gasteiger partial charge in [0.05, 0.1) is 47.3 Å². The minimum atomic E-state index is -1.49. The van der Waals surface area contributed by atoms with Crippen molar-refractivity contribution < 1.29 is 108 Å². The van der Waals surface area contributed by atoms with Crippen LogP contribution in [-0.2, 0) is 0 Å². The van der Waals surface area contributed by atoms with E-state index in [-0.39, 0.29) is 92.7 Å². The van der Waals surface area contributed by atoms with Crippen molar-refractivity contribution in [3.8, 4) is 11.5 Å². The van der Waals surface area contributed by atoms with Gasteiger partial charge in [-0.1, -0.05) is 49.9 Å². The number of aromatic carboxylic acids is 2. The molecule has 0 unspecified atom stereocenters. The average molecular weight is 1010 g/mol. The van der Waals surface area contributed by atoms with Crippen LogP contribution < -0.4 is 101 Å². The number of carboxylic acids is 2. The number of ketones is 2. The molecule has 0 bridgehead atoms. The Balaban J connectivity index is 0.00000446. The molecule has 74 heavy (non-hydrogen) atoms. The SMILES string of the molecule is Cc1c(C(=O)c2ccc(N)c(C(=O)[O-])c2)c2ccccn2c1NC(=O)c1cccc(OCCCCCCCCOc2cccc(C(=O)Nc3c(C)c(C(=O)c4ccc(N)c(C(=O)[O-])c4)c4ccccn34)c2)c1.[Na+].[Na+]. The van der Waals surface area contributed by atoms with Crippen LogP contribution in [0.2, 0.25) is 0 Å². The first-order valence-corrected chi connectivity index (χ1v) is 23.3. The first kappa shape index (κ1) is 56.1. The number of fused-ring (bicyclic) bond motifs is 2. The van der Waals surface area contributed by atoms with Gasteiger partial charge in [0, 0.05) is 68.3 Å². The molecule has 16 nitrogen and oxygen atoms in total. The summed E-state index contributed by atoms with van der Waals surface area (Å²) in [5.41, 5.74) is 14.6. The van der Waals surface area contributed by atoms with Gasteiger partial charge in [-0.3, -0.25) is 19.2 Å². The van der Waals surface area contributed by atoms with Crippen molar-refractivity contribution in [2.45, 2.75) is 52.4 Å². The number of ether oxygens (including phenoxy) is 2. The second kappa shape index (κ2) is 25.2. The Morgan fingerprint density at radius 2 is 0.878 bits per heavy atom. The molecule has 0 saturated heterocycles. The smallest absolute Gasteiger partial charge is 0.545 e. The molecule has 0 spiro atoms. The number of nitrogen functional groups attached to an aromatic ring is 2. The molecular weight excluding hydrogens is 963 g/mol. The Labute approximate surface area is 470 Å². The third-order valence-electron chi connectivity index (χ3n) is 12.4. The van der Waals surface area contributed by atoms with Crippen LogP contribution in [0.1, 0.15) is 123 Å². The number of carboxylic acid groups (broad SMARTS) is 2. The second-order valence-electron chi connectivity index (χ2n) is 17.2. The summed E-state index contributed by atoms with van der Waals surface area (Å²) in [6.07, 6.45) is 8.97. The first-order chi connectivity index (χ1) is 34.7. The summed E-state index contributed by atoms with van der Waals surface area (Å²) in [5, 5.41) is 29.1. The molecule has 8 aromatic rings. The number of hydrogen-bond donors (Lipinski definition) is 4. The van der Waals surface area contributed by atoms with Crippen LogP contribution in [0.3, 0.4) is 0 Å². The number of aromatic nitrogens is 2. The minimum Gasteiger partial charge on any atom is -0.545 e. The van der Waals surface area contributed by atoms with E-state index in [1.54, 1.807) is 120 Å². The molecule has 4 aromatic carbocycles. The predicted octanol–water partition coefficient (Wildman–Crippen LogP) is 1.47. The normalized spacial score (nSPS) is 10.8. The standard InChI is InChI=1S/C56H52N6O10.2Na/c1-33-47(49(63)35-21-23-43(57)41(31-35)55(67)68)45-19-7-9-25-61(45)51(33)59-53(65)37-15-13-17-39(29-37)71-27-11-5-3-4-6-12-28-72-40-18-14-16-38(30-40)54(66)60-52-34(2)48(46-20-8-10-26-62(46)52)50(64)36-22-24-44(58)42(32-36)56(69)70;;/h7-10,13-26,29-32H,3-6,11-12,27-28,57-58H2,1-2H3,(H,59,65)(H,60,66)(H,67,68)(H,69,70);;/q;2*+1/p-2. The first-order valence-electron chi connectivity index (χ1n) is 23.3. The average Bonchev–Trinajstić information content (AvgIpc) is 3.82. The van der Waals surface area contributed by atoms with E-state index in [0.29, 0.717) is 80.8 Å². The molecule has 0 atom stereocenters. The number of anilines is 4. The summed E-state index contributed by atoms with van der Waals surface area (Å²) < 4.78 is 15.4. The Morgan fingerprint density at radius 1 is 0.486 bits per heavy atom. The molecule has 0 saturated carbocycles. The van der Waals surface area contributed by atoms with Crippen molar-refractivity contribution in [3.05, 3.63) is 189 Å². The predicted molar refractivity (Wildman–Crippen MR) is 269 cm³/mol. The van der Waals surface area contributed by atoms with Crippen LogP contribution in [0.25, 0.3) is 11.0 Å². The molecule has 0 radical (unpaired) electrons. The summed E-state index contributed by atoms with van der Waals surface area (Å²) in [5.74, 6) is -2.78. The maximum Gasteiger partial charge on any atom is 1.00 e. The molecule has 8 rings (SSSR count). The minimum absolute atomic E-state index is 0. The molecule has 6 N–H and O–H groups in total. The zero-order valence-electron chi connectivity index (χ0n) is 41.5. The van der Waals surface area contributed by atoms with Crippen LogP contribution in [-0.4, -0.2) is 57.3 Å². The van der Waals surface area contributed by atoms with Crippen molar-refractivity contribution >= 4 is 69.4 Å². The number of rotatable bonds is 21. The van der Waals surface area contributed by atoms with Crippen LogP contribution >= 0.6 is 0 Å². The van der Waals surface area contributed by atoms with E-state index in [4.69, 9.17) is 20.9 Å². The summed E-state index contributed by atoms with van der Waals surface area (Å²) in [7, 11) is 0. The van der Waals surface area contributed by atoms with Crippen molar-refractivity contribution in [3.63, 3.8) is 0 Å². The van der Waals surface area contributed by atoms with Gasteiger partial charge < -0.3 is 60.2 Å². The monoisotopic (exact) mass is 1010 g/mol. The third kappa shape index (κ3) is 12.4. The zero-order chi connectivity index (χ0) is 51.1. The Morgan fingerprint density at radius 3 is 1.27 bits per heavy atom. The number of amides is 2. The molecule has 4 heterocycles. The fourth-order valence-electron chi connectivity index (χ4n) is 8.69. The number of nitrogens with two attached hydrogens (primary N) is 2. The maximum absolute atomic E-state index is 13.8. The third-order valence-corrected chi connectivity index (χ3v) is 12.4. The van der Waals surface area contributed by atoms with E-state index >= 15 is 0 Å². The zero-order valence-corrected chi connectivity index (χ0v) is 45.5. The van der Waals surface area contributed by atoms with Crippen molar-refractivity contribution in [2.75, 3.05) is 35.3 Å². The van der Waals surface area contributed by atoms with Gasteiger partial charge in [-0.05, 0) is 124 Å². The molecule has 0 aliphatic rings. The van der Waals surface area contributed by atoms with Gasteiger partial charge in [0.2, 0.25) is 0 Å². The Kier molecular flexibility index (Phi) is 19.1. The van der Waals surface area contributed by atoms with Crippen molar-refractivity contribution in [1.82, 2.24) is 8.80 Å². The molecule has 18 heteroatoms. The van der Waals surface area contributed by atoms with E-state index in [1.165, 1.54) is 36.4 Å². The Bertz CT molecular complexity index is 3210. The summed E-state index contributed by atoms with van der Waals surface area (Å²) in [4.78, 5) is 78.0. The number of hydrogen-bond acceptors (Lipinski definition) is 12. The van der Waals surface area contributed by atoms with Gasteiger partial charge in [0.15, 0.2) is 11.6 Å². The number of pyridine rings is 2. The van der Waals surface area contributed by atoms with E-state index < -0.39 is 35.3 Å². The van der Waals surface area contributed by atoms with Crippen molar-refractivity contribution in [2.24, 2.45) is 0 Å². The van der Waals surface area contributed by atoms with Crippen LogP contribution in [0.5, 0.6) is 11.5 Å². The number of nitrogens with zero attached hydrogens (tertiary/aromatic N) is 2. The topological polar surface area (TPSA) is 252 Å². The van der Waals surface area contributed by atoms with Gasteiger partial charge in [0.25, 0.3) is 11.8 Å². The number of nitrogens with one attached hydrogen (secondary N) is 2. The molecule has 0 fully saturated rings. The van der Waals surface area contributed by atoms with Crippen LogP contribution in [0.15, 0.2) is 134 Å². The molecule has 4 aromatic heterocycles. The molecule has 366 valence electrons. The number of benzene rings is 4. The molecule has 0 aliphatic carbocycles. The summed E-state index contributed by atoms with van der Waals surface area (Å²) >= 11 is 0.